The lowest BCUT2D eigenvalue weighted by atomic mass is 9.90. The fourth-order valence-corrected chi connectivity index (χ4v) is 2.34. The molecule has 0 bridgehead atoms. The van der Waals surface area contributed by atoms with Crippen LogP contribution in [0.2, 0.25) is 0 Å². The van der Waals surface area contributed by atoms with Gasteiger partial charge in [-0.3, -0.25) is 4.79 Å². The number of likely N-dealkylation sites (tertiary alicyclic amines) is 1. The lowest BCUT2D eigenvalue weighted by Gasteiger charge is -2.28. The number of pyridine rings is 1. The van der Waals surface area contributed by atoms with E-state index in [1.54, 1.807) is 16.7 Å². The first-order valence-corrected chi connectivity index (χ1v) is 6.67. The summed E-state index contributed by atoms with van der Waals surface area (Å²) < 4.78 is 0. The van der Waals surface area contributed by atoms with E-state index >= 15 is 0 Å². The fourth-order valence-electron chi connectivity index (χ4n) is 1.98. The van der Waals surface area contributed by atoms with Gasteiger partial charge in [0.2, 0.25) is 5.91 Å². The maximum Gasteiger partial charge on any atom is 0.222 e. The Labute approximate surface area is 100 Å². The van der Waals surface area contributed by atoms with Crippen molar-refractivity contribution < 1.29 is 4.79 Å². The zero-order chi connectivity index (χ0) is 11.5. The van der Waals surface area contributed by atoms with Crippen LogP contribution in [-0.2, 0) is 4.79 Å². The highest BCUT2D eigenvalue weighted by atomic mass is 32.2. The molecule has 1 aliphatic heterocycles. The van der Waals surface area contributed by atoms with Gasteiger partial charge in [0.05, 0.1) is 5.03 Å². The predicted molar refractivity (Wildman–Crippen MR) is 65.6 cm³/mol. The molecule has 0 spiro atoms. The summed E-state index contributed by atoms with van der Waals surface area (Å²) in [6.45, 7) is 0.855. The highest BCUT2D eigenvalue weighted by Gasteiger charge is 2.24. The van der Waals surface area contributed by atoms with Crippen LogP contribution < -0.4 is 0 Å². The minimum Gasteiger partial charge on any atom is -0.346 e. The van der Waals surface area contributed by atoms with Crippen molar-refractivity contribution in [3.8, 4) is 0 Å². The van der Waals surface area contributed by atoms with Gasteiger partial charge >= 0.3 is 0 Å². The van der Waals surface area contributed by atoms with Crippen LogP contribution in [0.3, 0.4) is 0 Å². The summed E-state index contributed by atoms with van der Waals surface area (Å²) in [5.41, 5.74) is 1.19. The molecule has 2 rings (SSSR count). The van der Waals surface area contributed by atoms with Gasteiger partial charge < -0.3 is 4.90 Å². The van der Waals surface area contributed by atoms with Crippen LogP contribution in [0.15, 0.2) is 23.4 Å². The van der Waals surface area contributed by atoms with Crippen molar-refractivity contribution in [1.82, 2.24) is 9.88 Å². The molecule has 3 nitrogen and oxygen atoms in total. The minimum atomic E-state index is 0.241. The molecule has 0 aromatic carbocycles. The van der Waals surface area contributed by atoms with Crippen molar-refractivity contribution in [2.24, 2.45) is 0 Å². The molecule has 1 aromatic heterocycles. The van der Waals surface area contributed by atoms with Crippen molar-refractivity contribution in [2.45, 2.75) is 23.8 Å². The molecule has 1 aromatic rings. The third-order valence-electron chi connectivity index (χ3n) is 3.10. The molecule has 16 heavy (non-hydrogen) atoms. The number of amides is 1. The van der Waals surface area contributed by atoms with Crippen LogP contribution in [0.4, 0.5) is 0 Å². The Morgan fingerprint density at radius 2 is 2.31 bits per heavy atom. The molecule has 0 N–H and O–H groups in total. The Kier molecular flexibility index (Phi) is 3.49. The van der Waals surface area contributed by atoms with Gasteiger partial charge in [-0.1, -0.05) is 6.07 Å². The normalized spacial score (nSPS) is 21.2. The van der Waals surface area contributed by atoms with E-state index in [1.165, 1.54) is 5.56 Å². The topological polar surface area (TPSA) is 33.2 Å². The molecule has 0 aliphatic carbocycles. The molecule has 1 saturated heterocycles. The number of thioether (sulfide) groups is 1. The predicted octanol–water partition coefficient (Wildman–Crippen LogP) is 2.14. The third-order valence-corrected chi connectivity index (χ3v) is 3.76. The van der Waals surface area contributed by atoms with Crippen molar-refractivity contribution >= 4 is 17.7 Å². The van der Waals surface area contributed by atoms with Gasteiger partial charge in [0.15, 0.2) is 0 Å². The zero-order valence-corrected chi connectivity index (χ0v) is 10.5. The number of nitrogens with zero attached hydrogens (tertiary/aromatic N) is 2. The molecule has 1 atom stereocenters. The Morgan fingerprint density at radius 1 is 1.50 bits per heavy atom. The molecule has 0 radical (unpaired) electrons. The largest absolute Gasteiger partial charge is 0.346 e. The highest BCUT2D eigenvalue weighted by Crippen LogP contribution is 2.28. The standard InChI is InChI=1S/C12H16N2OS/c1-14-6-5-9(7-12(14)15)10-3-4-11(16-2)13-8-10/h3-4,8-9H,5-7H2,1-2H3/t9-/m1/s1. The van der Waals surface area contributed by atoms with E-state index in [0.717, 1.165) is 18.0 Å². The van der Waals surface area contributed by atoms with E-state index in [9.17, 15) is 4.79 Å². The maximum atomic E-state index is 11.6. The number of hydrogen-bond acceptors (Lipinski definition) is 3. The monoisotopic (exact) mass is 236 g/mol. The van der Waals surface area contributed by atoms with Gasteiger partial charge in [0.1, 0.15) is 0 Å². The summed E-state index contributed by atoms with van der Waals surface area (Å²) in [4.78, 5) is 17.8. The summed E-state index contributed by atoms with van der Waals surface area (Å²) in [5.74, 6) is 0.595. The Hall–Kier alpha value is -1.03. The Balaban J connectivity index is 2.09. The number of piperidine rings is 1. The van der Waals surface area contributed by atoms with Gasteiger partial charge in [0, 0.05) is 26.2 Å². The second-order valence-electron chi connectivity index (χ2n) is 4.14. The van der Waals surface area contributed by atoms with Gasteiger partial charge in [0.25, 0.3) is 0 Å². The number of carbonyl (C=O) groups is 1. The van der Waals surface area contributed by atoms with Crippen LogP contribution >= 0.6 is 11.8 Å². The van der Waals surface area contributed by atoms with Crippen LogP contribution in [0.1, 0.15) is 24.3 Å². The molecule has 1 amide bonds. The average Bonchev–Trinajstić information content (AvgIpc) is 2.33. The molecule has 0 saturated carbocycles. The maximum absolute atomic E-state index is 11.6. The number of carbonyl (C=O) groups excluding carboxylic acids is 1. The van der Waals surface area contributed by atoms with E-state index in [4.69, 9.17) is 0 Å². The second-order valence-corrected chi connectivity index (χ2v) is 4.97. The Bertz CT molecular complexity index is 377. The summed E-state index contributed by atoms with van der Waals surface area (Å²) in [6.07, 6.45) is 5.59. The van der Waals surface area contributed by atoms with E-state index < -0.39 is 0 Å². The van der Waals surface area contributed by atoms with Gasteiger partial charge in [-0.15, -0.1) is 11.8 Å². The van der Waals surface area contributed by atoms with Crippen LogP contribution in [0, 0.1) is 0 Å². The van der Waals surface area contributed by atoms with E-state index in [1.807, 2.05) is 25.6 Å². The molecular weight excluding hydrogens is 220 g/mol. The lowest BCUT2D eigenvalue weighted by Crippen LogP contribution is -2.34. The summed E-state index contributed by atoms with van der Waals surface area (Å²) in [7, 11) is 1.87. The number of aromatic nitrogens is 1. The molecule has 4 heteroatoms. The summed E-state index contributed by atoms with van der Waals surface area (Å²) in [5, 5.41) is 1.03. The average molecular weight is 236 g/mol. The highest BCUT2D eigenvalue weighted by molar-refractivity contribution is 7.98. The van der Waals surface area contributed by atoms with E-state index in [-0.39, 0.29) is 5.91 Å². The first kappa shape index (κ1) is 11.5. The summed E-state index contributed by atoms with van der Waals surface area (Å²) in [6, 6.07) is 4.13. The number of hydrogen-bond donors (Lipinski definition) is 0. The first-order chi connectivity index (χ1) is 7.70. The van der Waals surface area contributed by atoms with Crippen molar-refractivity contribution in [2.75, 3.05) is 19.8 Å². The smallest absolute Gasteiger partial charge is 0.222 e. The van der Waals surface area contributed by atoms with Crippen molar-refractivity contribution in [3.05, 3.63) is 23.9 Å². The Morgan fingerprint density at radius 3 is 2.88 bits per heavy atom. The number of rotatable bonds is 2. The minimum absolute atomic E-state index is 0.241. The SMILES string of the molecule is CSc1ccc([C@@H]2CCN(C)C(=O)C2)cn1. The van der Waals surface area contributed by atoms with E-state index in [2.05, 4.69) is 11.1 Å². The molecular formula is C12H16N2OS. The lowest BCUT2D eigenvalue weighted by molar-refractivity contribution is -0.132. The molecule has 1 aliphatic rings. The second kappa shape index (κ2) is 4.87. The van der Waals surface area contributed by atoms with E-state index in [0.29, 0.717) is 12.3 Å². The zero-order valence-electron chi connectivity index (χ0n) is 9.64. The molecule has 1 fully saturated rings. The van der Waals surface area contributed by atoms with Crippen LogP contribution in [0.25, 0.3) is 0 Å². The quantitative estimate of drug-likeness (QED) is 0.738. The fraction of sp³-hybridized carbons (Fsp3) is 0.500. The summed E-state index contributed by atoms with van der Waals surface area (Å²) >= 11 is 1.64. The molecule has 86 valence electrons. The van der Waals surface area contributed by atoms with Crippen molar-refractivity contribution in [3.63, 3.8) is 0 Å². The van der Waals surface area contributed by atoms with Gasteiger partial charge in [-0.25, -0.2) is 4.98 Å². The van der Waals surface area contributed by atoms with Crippen LogP contribution in [-0.4, -0.2) is 35.6 Å². The third kappa shape index (κ3) is 2.38. The van der Waals surface area contributed by atoms with Crippen LogP contribution in [0.5, 0.6) is 0 Å². The van der Waals surface area contributed by atoms with Gasteiger partial charge in [-0.2, -0.15) is 0 Å². The molecule has 2 heterocycles. The first-order valence-electron chi connectivity index (χ1n) is 5.44. The molecule has 0 unspecified atom stereocenters. The van der Waals surface area contributed by atoms with Crippen molar-refractivity contribution in [1.29, 1.82) is 0 Å². The van der Waals surface area contributed by atoms with Gasteiger partial charge in [-0.05, 0) is 30.2 Å².